The summed E-state index contributed by atoms with van der Waals surface area (Å²) >= 11 is 0.879. The molecule has 2 aromatic carbocycles. The number of nitrogens with zero attached hydrogens (tertiary/aromatic N) is 1. The smallest absolute Gasteiger partial charge is 0.295 e. The van der Waals surface area contributed by atoms with Crippen molar-refractivity contribution in [3.8, 4) is 5.75 Å². The fraction of sp³-hybridized carbons (Fsp3) is 0.238. The normalized spacial score (nSPS) is 15.6. The molecule has 0 spiro atoms. The van der Waals surface area contributed by atoms with Gasteiger partial charge in [0.15, 0.2) is 0 Å². The summed E-state index contributed by atoms with van der Waals surface area (Å²) in [6.45, 7) is 2.27. The highest BCUT2D eigenvalue weighted by atomic mass is 32.2. The van der Waals surface area contributed by atoms with Gasteiger partial charge in [0, 0.05) is 11.3 Å². The highest BCUT2D eigenvalue weighted by Crippen LogP contribution is 2.33. The van der Waals surface area contributed by atoms with Crippen molar-refractivity contribution >= 4 is 34.7 Å². The van der Waals surface area contributed by atoms with Crippen molar-refractivity contribution in [3.05, 3.63) is 64.6 Å². The molecule has 0 saturated carbocycles. The van der Waals surface area contributed by atoms with Gasteiger partial charge >= 0.3 is 0 Å². The maximum atomic E-state index is 12.5. The lowest BCUT2D eigenvalue weighted by atomic mass is 10.1. The quantitative estimate of drug-likeness (QED) is 0.671. The molecule has 5 nitrogen and oxygen atoms in total. The van der Waals surface area contributed by atoms with Crippen molar-refractivity contribution in [3.63, 3.8) is 0 Å². The maximum absolute atomic E-state index is 12.5. The van der Waals surface area contributed by atoms with Gasteiger partial charge in [0.2, 0.25) is 0 Å². The second-order valence-electron chi connectivity index (χ2n) is 6.30. The second kappa shape index (κ2) is 8.77. The SMILES string of the molecule is CCCCc1ccc(NCN2C(=O)S/C(=C\c3ccccc3O)C2=O)cc1. The molecule has 0 radical (unpaired) electrons. The topological polar surface area (TPSA) is 69.6 Å². The molecule has 1 heterocycles. The Bertz CT molecular complexity index is 862. The van der Waals surface area contributed by atoms with Crippen LogP contribution in [0.3, 0.4) is 0 Å². The Balaban J connectivity index is 1.63. The number of amides is 2. The standard InChI is InChI=1S/C21H22N2O3S/c1-2-3-6-15-9-11-17(12-10-15)22-14-23-20(25)19(27-21(23)26)13-16-7-4-5-8-18(16)24/h4-5,7-13,22,24H,2-3,6,14H2,1H3/b19-13-. The number of carbonyl (C=O) groups is 2. The molecule has 1 aliphatic heterocycles. The van der Waals surface area contributed by atoms with Crippen LogP contribution in [0.2, 0.25) is 0 Å². The van der Waals surface area contributed by atoms with Crippen molar-refractivity contribution in [2.45, 2.75) is 26.2 Å². The minimum Gasteiger partial charge on any atom is -0.507 e. The summed E-state index contributed by atoms with van der Waals surface area (Å²) in [5, 5.41) is 12.6. The molecule has 2 amide bonds. The summed E-state index contributed by atoms with van der Waals surface area (Å²) in [5.74, 6) is -0.286. The van der Waals surface area contributed by atoms with E-state index in [4.69, 9.17) is 0 Å². The molecule has 0 unspecified atom stereocenters. The van der Waals surface area contributed by atoms with Gasteiger partial charge in [-0.2, -0.15) is 0 Å². The number of anilines is 1. The number of thioether (sulfide) groups is 1. The summed E-state index contributed by atoms with van der Waals surface area (Å²) < 4.78 is 0. The zero-order valence-electron chi connectivity index (χ0n) is 15.1. The van der Waals surface area contributed by atoms with E-state index >= 15 is 0 Å². The molecular formula is C21H22N2O3S. The van der Waals surface area contributed by atoms with Gasteiger partial charge in [0.25, 0.3) is 11.1 Å². The predicted octanol–water partition coefficient (Wildman–Crippen LogP) is 4.84. The fourth-order valence-corrected chi connectivity index (χ4v) is 3.56. The van der Waals surface area contributed by atoms with Crippen molar-refractivity contribution in [2.75, 3.05) is 12.0 Å². The zero-order valence-corrected chi connectivity index (χ0v) is 16.0. The van der Waals surface area contributed by atoms with Crippen molar-refractivity contribution in [2.24, 2.45) is 0 Å². The second-order valence-corrected chi connectivity index (χ2v) is 7.30. The Morgan fingerprint density at radius 1 is 1.11 bits per heavy atom. The Hall–Kier alpha value is -2.73. The van der Waals surface area contributed by atoms with E-state index < -0.39 is 0 Å². The number of aromatic hydroxyl groups is 1. The predicted molar refractivity (Wildman–Crippen MR) is 109 cm³/mol. The Morgan fingerprint density at radius 3 is 2.56 bits per heavy atom. The third-order valence-electron chi connectivity index (χ3n) is 4.31. The fourth-order valence-electron chi connectivity index (χ4n) is 2.73. The maximum Gasteiger partial charge on any atom is 0.295 e. The highest BCUT2D eigenvalue weighted by Gasteiger charge is 2.34. The molecule has 0 bridgehead atoms. The lowest BCUT2D eigenvalue weighted by Gasteiger charge is -2.14. The minimum absolute atomic E-state index is 0.0746. The summed E-state index contributed by atoms with van der Waals surface area (Å²) in [6, 6.07) is 14.7. The van der Waals surface area contributed by atoms with Crippen LogP contribution in [0.4, 0.5) is 10.5 Å². The number of carbonyl (C=O) groups excluding carboxylic acids is 2. The number of phenolic OH excluding ortho intramolecular Hbond substituents is 1. The number of hydrogen-bond donors (Lipinski definition) is 2. The molecule has 2 aromatic rings. The molecule has 0 aromatic heterocycles. The number of phenols is 1. The number of rotatable bonds is 7. The lowest BCUT2D eigenvalue weighted by Crippen LogP contribution is -2.33. The molecule has 0 atom stereocenters. The van der Waals surface area contributed by atoms with E-state index in [1.807, 2.05) is 12.1 Å². The number of nitrogens with one attached hydrogen (secondary N) is 1. The molecule has 1 aliphatic rings. The number of unbranched alkanes of at least 4 members (excludes halogenated alkanes) is 1. The van der Waals surface area contributed by atoms with E-state index in [9.17, 15) is 14.7 Å². The number of imide groups is 1. The van der Waals surface area contributed by atoms with E-state index in [0.29, 0.717) is 10.5 Å². The monoisotopic (exact) mass is 382 g/mol. The number of aryl methyl sites for hydroxylation is 1. The van der Waals surface area contributed by atoms with Gasteiger partial charge in [-0.15, -0.1) is 0 Å². The Kier molecular flexibility index (Phi) is 6.19. The van der Waals surface area contributed by atoms with Crippen LogP contribution in [0, 0.1) is 0 Å². The highest BCUT2D eigenvalue weighted by molar-refractivity contribution is 8.18. The van der Waals surface area contributed by atoms with Crippen LogP contribution >= 0.6 is 11.8 Å². The molecule has 0 aliphatic carbocycles. The first-order valence-electron chi connectivity index (χ1n) is 8.94. The first-order valence-corrected chi connectivity index (χ1v) is 9.76. The number of para-hydroxylation sites is 1. The van der Waals surface area contributed by atoms with E-state index in [1.165, 1.54) is 10.5 Å². The largest absolute Gasteiger partial charge is 0.507 e. The van der Waals surface area contributed by atoms with Crippen LogP contribution in [-0.4, -0.2) is 27.8 Å². The van der Waals surface area contributed by atoms with Gasteiger partial charge in [-0.1, -0.05) is 43.7 Å². The van der Waals surface area contributed by atoms with Gasteiger partial charge in [0.05, 0.1) is 11.6 Å². The van der Waals surface area contributed by atoms with Crippen LogP contribution in [0.25, 0.3) is 6.08 Å². The summed E-state index contributed by atoms with van der Waals surface area (Å²) in [6.07, 6.45) is 4.92. The molecular weight excluding hydrogens is 360 g/mol. The van der Waals surface area contributed by atoms with Gasteiger partial charge in [0.1, 0.15) is 5.75 Å². The molecule has 3 rings (SSSR count). The molecule has 1 fully saturated rings. The molecule has 1 saturated heterocycles. The molecule has 140 valence electrons. The molecule has 27 heavy (non-hydrogen) atoms. The van der Waals surface area contributed by atoms with E-state index in [2.05, 4.69) is 24.4 Å². The third-order valence-corrected chi connectivity index (χ3v) is 5.22. The molecule has 2 N–H and O–H groups in total. The van der Waals surface area contributed by atoms with Crippen LogP contribution in [0.15, 0.2) is 53.4 Å². The van der Waals surface area contributed by atoms with Crippen molar-refractivity contribution in [1.29, 1.82) is 0 Å². The van der Waals surface area contributed by atoms with Crippen LogP contribution in [0.5, 0.6) is 5.75 Å². The van der Waals surface area contributed by atoms with E-state index in [-0.39, 0.29) is 23.6 Å². The summed E-state index contributed by atoms with van der Waals surface area (Å²) in [4.78, 5) is 26.2. The average molecular weight is 382 g/mol. The van der Waals surface area contributed by atoms with Crippen LogP contribution < -0.4 is 5.32 Å². The van der Waals surface area contributed by atoms with E-state index in [1.54, 1.807) is 30.3 Å². The lowest BCUT2D eigenvalue weighted by molar-refractivity contribution is -0.122. The summed E-state index contributed by atoms with van der Waals surface area (Å²) in [5.41, 5.74) is 2.65. The van der Waals surface area contributed by atoms with Crippen LogP contribution in [0.1, 0.15) is 30.9 Å². The zero-order chi connectivity index (χ0) is 19.2. The van der Waals surface area contributed by atoms with Crippen LogP contribution in [-0.2, 0) is 11.2 Å². The minimum atomic E-state index is -0.361. The Labute approximate surface area is 163 Å². The molecule has 6 heteroatoms. The van der Waals surface area contributed by atoms with Gasteiger partial charge in [-0.3, -0.25) is 14.5 Å². The van der Waals surface area contributed by atoms with Gasteiger partial charge in [-0.25, -0.2) is 0 Å². The van der Waals surface area contributed by atoms with Crippen molar-refractivity contribution in [1.82, 2.24) is 4.90 Å². The Morgan fingerprint density at radius 2 is 1.85 bits per heavy atom. The first-order chi connectivity index (χ1) is 13.1. The van der Waals surface area contributed by atoms with E-state index in [0.717, 1.165) is 36.7 Å². The average Bonchev–Trinajstić information content (AvgIpc) is 2.94. The first kappa shape index (κ1) is 19.0. The number of benzene rings is 2. The van der Waals surface area contributed by atoms with Crippen molar-refractivity contribution < 1.29 is 14.7 Å². The van der Waals surface area contributed by atoms with Gasteiger partial charge in [-0.05, 0) is 54.4 Å². The number of hydrogen-bond acceptors (Lipinski definition) is 5. The van der Waals surface area contributed by atoms with Gasteiger partial charge < -0.3 is 10.4 Å². The third kappa shape index (κ3) is 4.71. The summed E-state index contributed by atoms with van der Waals surface area (Å²) in [7, 11) is 0.